The first-order valence-electron chi connectivity index (χ1n) is 10.1. The lowest BCUT2D eigenvalue weighted by Crippen LogP contribution is -2.48. The van der Waals surface area contributed by atoms with E-state index in [4.69, 9.17) is 11.6 Å². The molecule has 1 aliphatic rings. The summed E-state index contributed by atoms with van der Waals surface area (Å²) in [5, 5.41) is 0.503. The van der Waals surface area contributed by atoms with Crippen LogP contribution in [0.25, 0.3) is 5.69 Å². The van der Waals surface area contributed by atoms with Crippen LogP contribution in [0.3, 0.4) is 0 Å². The first-order valence-corrected chi connectivity index (χ1v) is 11.9. The molecule has 0 spiro atoms. The minimum Gasteiger partial charge on any atom is -0.296 e. The summed E-state index contributed by atoms with van der Waals surface area (Å²) in [5.41, 5.74) is 2.43. The number of aromatic nitrogens is 2. The zero-order valence-electron chi connectivity index (χ0n) is 17.5. The summed E-state index contributed by atoms with van der Waals surface area (Å²) in [4.78, 5) is 15.5. The summed E-state index contributed by atoms with van der Waals surface area (Å²) < 4.78 is 30.8. The Bertz CT molecular complexity index is 1230. The van der Waals surface area contributed by atoms with Crippen molar-refractivity contribution < 1.29 is 8.42 Å². The predicted molar refractivity (Wildman–Crippen MR) is 121 cm³/mol. The number of piperazine rings is 1. The highest BCUT2D eigenvalue weighted by atomic mass is 35.5. The topological polar surface area (TPSA) is 67.6 Å². The van der Waals surface area contributed by atoms with Crippen LogP contribution in [0.5, 0.6) is 0 Å². The highest BCUT2D eigenvalue weighted by Gasteiger charge is 2.29. The second-order valence-electron chi connectivity index (χ2n) is 7.67. The maximum atomic E-state index is 13.1. The second kappa shape index (κ2) is 8.63. The van der Waals surface area contributed by atoms with Crippen molar-refractivity contribution in [3.05, 3.63) is 81.2 Å². The van der Waals surface area contributed by atoms with E-state index in [9.17, 15) is 13.2 Å². The SMILES string of the molecule is Cc1c(CN2CCN(S(=O)(=O)c3ccc(Cl)cc3)CC2)c(=O)n(-c2ccccc2)n1C. The summed E-state index contributed by atoms with van der Waals surface area (Å²) in [5.74, 6) is 0. The number of hydrogen-bond donors (Lipinski definition) is 0. The minimum absolute atomic E-state index is 0.0394. The Morgan fingerprint density at radius 1 is 0.935 bits per heavy atom. The summed E-state index contributed by atoms with van der Waals surface area (Å²) in [6.45, 7) is 4.32. The van der Waals surface area contributed by atoms with Crippen LogP contribution in [-0.2, 0) is 23.6 Å². The smallest absolute Gasteiger partial charge is 0.276 e. The standard InChI is InChI=1S/C22H25ClN4O3S/c1-17-21(22(28)27(24(17)2)19-6-4-3-5-7-19)16-25-12-14-26(15-13-25)31(29,30)20-10-8-18(23)9-11-20/h3-11H,12-16H2,1-2H3. The van der Waals surface area contributed by atoms with E-state index in [0.29, 0.717) is 37.7 Å². The van der Waals surface area contributed by atoms with Crippen LogP contribution in [0.1, 0.15) is 11.3 Å². The lowest BCUT2D eigenvalue weighted by molar-refractivity contribution is 0.181. The Hall–Kier alpha value is -2.39. The van der Waals surface area contributed by atoms with E-state index >= 15 is 0 Å². The van der Waals surface area contributed by atoms with Crippen molar-refractivity contribution in [2.75, 3.05) is 26.2 Å². The van der Waals surface area contributed by atoms with Crippen LogP contribution < -0.4 is 5.56 Å². The van der Waals surface area contributed by atoms with Crippen LogP contribution in [-0.4, -0.2) is 53.2 Å². The molecule has 2 aromatic carbocycles. The van der Waals surface area contributed by atoms with Crippen molar-refractivity contribution in [3.8, 4) is 5.69 Å². The van der Waals surface area contributed by atoms with E-state index in [2.05, 4.69) is 4.90 Å². The quantitative estimate of drug-likeness (QED) is 0.587. The first kappa shape index (κ1) is 21.8. The van der Waals surface area contributed by atoms with Gasteiger partial charge in [-0.3, -0.25) is 14.4 Å². The van der Waals surface area contributed by atoms with E-state index in [1.807, 2.05) is 49.0 Å². The summed E-state index contributed by atoms with van der Waals surface area (Å²) >= 11 is 5.88. The van der Waals surface area contributed by atoms with Gasteiger partial charge in [-0.05, 0) is 43.3 Å². The van der Waals surface area contributed by atoms with Crippen LogP contribution in [0.4, 0.5) is 0 Å². The van der Waals surface area contributed by atoms with Crippen LogP contribution in [0.15, 0.2) is 64.3 Å². The van der Waals surface area contributed by atoms with Crippen molar-refractivity contribution >= 4 is 21.6 Å². The molecule has 7 nitrogen and oxygen atoms in total. The molecule has 2 heterocycles. The number of para-hydroxylation sites is 1. The fourth-order valence-corrected chi connectivity index (χ4v) is 5.46. The number of benzene rings is 2. The maximum absolute atomic E-state index is 13.1. The van der Waals surface area contributed by atoms with Gasteiger partial charge in [0.05, 0.1) is 16.1 Å². The zero-order chi connectivity index (χ0) is 22.2. The molecule has 0 saturated carbocycles. The molecule has 0 N–H and O–H groups in total. The molecule has 1 aliphatic heterocycles. The lowest BCUT2D eigenvalue weighted by Gasteiger charge is -2.33. The molecule has 1 fully saturated rings. The van der Waals surface area contributed by atoms with E-state index in [0.717, 1.165) is 16.9 Å². The maximum Gasteiger partial charge on any atom is 0.276 e. The molecule has 1 saturated heterocycles. The van der Waals surface area contributed by atoms with Crippen LogP contribution in [0, 0.1) is 6.92 Å². The van der Waals surface area contributed by atoms with Gasteiger partial charge < -0.3 is 0 Å². The third-order valence-electron chi connectivity index (χ3n) is 5.84. The summed E-state index contributed by atoms with van der Waals surface area (Å²) in [6.07, 6.45) is 0. The highest BCUT2D eigenvalue weighted by molar-refractivity contribution is 7.89. The Morgan fingerprint density at radius 3 is 2.16 bits per heavy atom. The molecule has 1 aromatic heterocycles. The Morgan fingerprint density at radius 2 is 1.55 bits per heavy atom. The largest absolute Gasteiger partial charge is 0.296 e. The predicted octanol–water partition coefficient (Wildman–Crippen LogP) is 2.64. The monoisotopic (exact) mass is 460 g/mol. The van der Waals surface area contributed by atoms with Gasteiger partial charge in [-0.15, -0.1) is 0 Å². The molecule has 0 atom stereocenters. The van der Waals surface area contributed by atoms with Crippen LogP contribution >= 0.6 is 11.6 Å². The van der Waals surface area contributed by atoms with E-state index in [1.165, 1.54) is 16.4 Å². The van der Waals surface area contributed by atoms with Crippen molar-refractivity contribution in [2.45, 2.75) is 18.4 Å². The van der Waals surface area contributed by atoms with Gasteiger partial charge in [0.25, 0.3) is 5.56 Å². The number of rotatable bonds is 5. The van der Waals surface area contributed by atoms with Crippen molar-refractivity contribution in [2.24, 2.45) is 7.05 Å². The summed E-state index contributed by atoms with van der Waals surface area (Å²) in [7, 11) is -1.67. The fourth-order valence-electron chi connectivity index (χ4n) is 3.91. The molecule has 164 valence electrons. The first-order chi connectivity index (χ1) is 14.8. The molecular formula is C22H25ClN4O3S. The lowest BCUT2D eigenvalue weighted by atomic mass is 10.2. The third-order valence-corrected chi connectivity index (χ3v) is 8.00. The Labute approximate surface area is 187 Å². The van der Waals surface area contributed by atoms with Crippen LogP contribution in [0.2, 0.25) is 5.02 Å². The number of halogens is 1. The molecule has 0 radical (unpaired) electrons. The van der Waals surface area contributed by atoms with Gasteiger partial charge in [-0.1, -0.05) is 29.8 Å². The Kier molecular flexibility index (Phi) is 6.07. The van der Waals surface area contributed by atoms with E-state index in [-0.39, 0.29) is 10.5 Å². The molecule has 9 heteroatoms. The van der Waals surface area contributed by atoms with Crippen molar-refractivity contribution in [3.63, 3.8) is 0 Å². The average Bonchev–Trinajstić information content (AvgIpc) is 2.98. The van der Waals surface area contributed by atoms with E-state index in [1.54, 1.807) is 16.8 Å². The van der Waals surface area contributed by atoms with Gasteiger partial charge in [0, 0.05) is 50.5 Å². The molecular weight excluding hydrogens is 436 g/mol. The van der Waals surface area contributed by atoms with Gasteiger partial charge in [-0.25, -0.2) is 13.1 Å². The van der Waals surface area contributed by atoms with Gasteiger partial charge >= 0.3 is 0 Å². The van der Waals surface area contributed by atoms with E-state index < -0.39 is 10.0 Å². The molecule has 0 bridgehead atoms. The minimum atomic E-state index is -3.55. The molecule has 4 rings (SSSR count). The number of sulfonamides is 1. The van der Waals surface area contributed by atoms with Crippen molar-refractivity contribution in [1.29, 1.82) is 0 Å². The van der Waals surface area contributed by atoms with Gasteiger partial charge in [-0.2, -0.15) is 4.31 Å². The molecule has 31 heavy (non-hydrogen) atoms. The molecule has 0 unspecified atom stereocenters. The number of hydrogen-bond acceptors (Lipinski definition) is 4. The number of nitrogens with zero attached hydrogens (tertiary/aromatic N) is 4. The molecule has 0 amide bonds. The van der Waals surface area contributed by atoms with Crippen molar-refractivity contribution in [1.82, 2.24) is 18.6 Å². The average molecular weight is 461 g/mol. The highest BCUT2D eigenvalue weighted by Crippen LogP contribution is 2.21. The molecule has 0 aliphatic carbocycles. The van der Waals surface area contributed by atoms with Gasteiger partial charge in [0.15, 0.2) is 0 Å². The molecule has 3 aromatic rings. The normalized spacial score (nSPS) is 16.0. The summed E-state index contributed by atoms with van der Waals surface area (Å²) in [6, 6.07) is 15.8. The fraction of sp³-hybridized carbons (Fsp3) is 0.318. The zero-order valence-corrected chi connectivity index (χ0v) is 19.1. The van der Waals surface area contributed by atoms with Gasteiger partial charge in [0.2, 0.25) is 10.0 Å². The third kappa shape index (κ3) is 4.21. The van der Waals surface area contributed by atoms with Gasteiger partial charge in [0.1, 0.15) is 0 Å². The second-order valence-corrected chi connectivity index (χ2v) is 10.0. The Balaban J connectivity index is 1.49.